The topological polar surface area (TPSA) is 69.6 Å². The summed E-state index contributed by atoms with van der Waals surface area (Å²) < 4.78 is 1.77. The third-order valence-electron chi connectivity index (χ3n) is 3.02. The van der Waals surface area contributed by atoms with Crippen LogP contribution in [0.3, 0.4) is 0 Å². The maximum absolute atomic E-state index is 5.84. The SMILES string of the molecule is Cc1nn(C)cc1-c1nc(N)cc(C2CC2)n1. The lowest BCUT2D eigenvalue weighted by molar-refractivity contribution is 0.756. The van der Waals surface area contributed by atoms with Gasteiger partial charge in [0.25, 0.3) is 0 Å². The number of hydrogen-bond donors (Lipinski definition) is 1. The molecule has 5 heteroatoms. The number of hydrogen-bond acceptors (Lipinski definition) is 4. The maximum atomic E-state index is 5.84. The van der Waals surface area contributed by atoms with Crippen LogP contribution in [0.25, 0.3) is 11.4 Å². The van der Waals surface area contributed by atoms with Crippen molar-refractivity contribution in [2.45, 2.75) is 25.7 Å². The predicted octanol–water partition coefficient (Wildman–Crippen LogP) is 1.65. The number of rotatable bonds is 2. The molecule has 0 aliphatic heterocycles. The van der Waals surface area contributed by atoms with E-state index in [9.17, 15) is 0 Å². The van der Waals surface area contributed by atoms with Crippen LogP contribution >= 0.6 is 0 Å². The molecule has 2 N–H and O–H groups in total. The largest absolute Gasteiger partial charge is 0.384 e. The summed E-state index contributed by atoms with van der Waals surface area (Å²) in [6.45, 7) is 1.96. The Morgan fingerprint density at radius 3 is 2.71 bits per heavy atom. The number of aromatic nitrogens is 4. The molecule has 88 valence electrons. The monoisotopic (exact) mass is 229 g/mol. The van der Waals surface area contributed by atoms with Crippen LogP contribution < -0.4 is 5.73 Å². The molecule has 1 saturated carbocycles. The number of nitrogens with two attached hydrogens (primary N) is 1. The molecule has 1 fully saturated rings. The molecular weight excluding hydrogens is 214 g/mol. The van der Waals surface area contributed by atoms with Crippen molar-refractivity contribution in [2.24, 2.45) is 7.05 Å². The van der Waals surface area contributed by atoms with Crippen LogP contribution in [0, 0.1) is 6.92 Å². The molecule has 0 atom stereocenters. The lowest BCUT2D eigenvalue weighted by Crippen LogP contribution is -1.99. The lowest BCUT2D eigenvalue weighted by atomic mass is 10.2. The lowest BCUT2D eigenvalue weighted by Gasteiger charge is -2.03. The average molecular weight is 229 g/mol. The third kappa shape index (κ3) is 1.88. The molecule has 0 amide bonds. The maximum Gasteiger partial charge on any atom is 0.165 e. The molecular formula is C12H15N5. The molecule has 0 saturated heterocycles. The highest BCUT2D eigenvalue weighted by atomic mass is 15.3. The van der Waals surface area contributed by atoms with Crippen LogP contribution in [0.5, 0.6) is 0 Å². The Morgan fingerprint density at radius 2 is 2.12 bits per heavy atom. The molecule has 1 aliphatic rings. The van der Waals surface area contributed by atoms with Crippen LogP contribution in [0.2, 0.25) is 0 Å². The van der Waals surface area contributed by atoms with Gasteiger partial charge in [0.1, 0.15) is 5.82 Å². The van der Waals surface area contributed by atoms with Gasteiger partial charge in [0.15, 0.2) is 5.82 Å². The van der Waals surface area contributed by atoms with Crippen LogP contribution in [-0.4, -0.2) is 19.7 Å². The van der Waals surface area contributed by atoms with Gasteiger partial charge in [-0.1, -0.05) is 0 Å². The first-order valence-corrected chi connectivity index (χ1v) is 5.78. The van der Waals surface area contributed by atoms with E-state index in [1.807, 2.05) is 26.2 Å². The molecule has 1 aliphatic carbocycles. The second kappa shape index (κ2) is 3.55. The van der Waals surface area contributed by atoms with Crippen molar-refractivity contribution in [1.82, 2.24) is 19.7 Å². The van der Waals surface area contributed by atoms with Gasteiger partial charge in [0, 0.05) is 30.9 Å². The Balaban J connectivity index is 2.10. The van der Waals surface area contributed by atoms with Crippen molar-refractivity contribution in [2.75, 3.05) is 5.73 Å². The molecule has 0 spiro atoms. The summed E-state index contributed by atoms with van der Waals surface area (Å²) in [5, 5.41) is 4.30. The molecule has 3 rings (SSSR count). The molecule has 0 aromatic carbocycles. The molecule has 2 aromatic rings. The first kappa shape index (κ1) is 10.3. The molecule has 0 bridgehead atoms. The fourth-order valence-electron chi connectivity index (χ4n) is 2.01. The minimum absolute atomic E-state index is 0.542. The highest BCUT2D eigenvalue weighted by molar-refractivity contribution is 5.59. The Labute approximate surface area is 99.7 Å². The minimum Gasteiger partial charge on any atom is -0.384 e. The zero-order valence-corrected chi connectivity index (χ0v) is 10.0. The highest BCUT2D eigenvalue weighted by Crippen LogP contribution is 2.40. The van der Waals surface area contributed by atoms with E-state index in [1.165, 1.54) is 12.8 Å². The van der Waals surface area contributed by atoms with Crippen molar-refractivity contribution >= 4 is 5.82 Å². The van der Waals surface area contributed by atoms with E-state index in [0.717, 1.165) is 17.0 Å². The average Bonchev–Trinajstić information content (AvgIpc) is 3.04. The van der Waals surface area contributed by atoms with E-state index in [0.29, 0.717) is 17.6 Å². The third-order valence-corrected chi connectivity index (χ3v) is 3.02. The number of nitrogen functional groups attached to an aromatic ring is 1. The Morgan fingerprint density at radius 1 is 1.35 bits per heavy atom. The van der Waals surface area contributed by atoms with Crippen LogP contribution in [0.15, 0.2) is 12.3 Å². The number of nitrogens with zero attached hydrogens (tertiary/aromatic N) is 4. The van der Waals surface area contributed by atoms with Crippen molar-refractivity contribution in [3.8, 4) is 11.4 Å². The van der Waals surface area contributed by atoms with Gasteiger partial charge in [-0.25, -0.2) is 9.97 Å². The first-order chi connectivity index (χ1) is 8.13. The van der Waals surface area contributed by atoms with E-state index >= 15 is 0 Å². The molecule has 17 heavy (non-hydrogen) atoms. The van der Waals surface area contributed by atoms with E-state index in [1.54, 1.807) is 4.68 Å². The van der Waals surface area contributed by atoms with Crippen molar-refractivity contribution in [3.63, 3.8) is 0 Å². The second-order valence-corrected chi connectivity index (χ2v) is 4.62. The quantitative estimate of drug-likeness (QED) is 0.850. The summed E-state index contributed by atoms with van der Waals surface area (Å²) in [5.41, 5.74) is 8.80. The molecule has 2 aromatic heterocycles. The first-order valence-electron chi connectivity index (χ1n) is 5.78. The Bertz CT molecular complexity index is 568. The standard InChI is InChI=1S/C12H15N5/c1-7-9(6-17(2)16-7)12-14-10(8-3-4-8)5-11(13)15-12/h5-6,8H,3-4H2,1-2H3,(H2,13,14,15). The van der Waals surface area contributed by atoms with Gasteiger partial charge in [-0.05, 0) is 19.8 Å². The summed E-state index contributed by atoms with van der Waals surface area (Å²) in [6, 6.07) is 1.88. The zero-order chi connectivity index (χ0) is 12.0. The van der Waals surface area contributed by atoms with Crippen molar-refractivity contribution < 1.29 is 0 Å². The van der Waals surface area contributed by atoms with Gasteiger partial charge in [-0.2, -0.15) is 5.10 Å². The smallest absolute Gasteiger partial charge is 0.165 e. The van der Waals surface area contributed by atoms with Gasteiger partial charge in [-0.15, -0.1) is 0 Å². The van der Waals surface area contributed by atoms with Crippen molar-refractivity contribution in [3.05, 3.63) is 23.7 Å². The second-order valence-electron chi connectivity index (χ2n) is 4.62. The summed E-state index contributed by atoms with van der Waals surface area (Å²) in [4.78, 5) is 8.90. The summed E-state index contributed by atoms with van der Waals surface area (Å²) >= 11 is 0. The van der Waals surface area contributed by atoms with E-state index in [2.05, 4.69) is 15.1 Å². The van der Waals surface area contributed by atoms with Crippen LogP contribution in [0.4, 0.5) is 5.82 Å². The summed E-state index contributed by atoms with van der Waals surface area (Å²) in [5.74, 6) is 1.81. The highest BCUT2D eigenvalue weighted by Gasteiger charge is 2.26. The normalized spacial score (nSPS) is 15.2. The van der Waals surface area contributed by atoms with Gasteiger partial charge in [0.2, 0.25) is 0 Å². The number of anilines is 1. The van der Waals surface area contributed by atoms with Crippen molar-refractivity contribution in [1.29, 1.82) is 0 Å². The predicted molar refractivity (Wildman–Crippen MR) is 65.4 cm³/mol. The molecule has 0 radical (unpaired) electrons. The van der Waals surface area contributed by atoms with Gasteiger partial charge >= 0.3 is 0 Å². The van der Waals surface area contributed by atoms with Crippen LogP contribution in [-0.2, 0) is 7.05 Å². The van der Waals surface area contributed by atoms with Crippen LogP contribution in [0.1, 0.15) is 30.1 Å². The van der Waals surface area contributed by atoms with Gasteiger partial charge < -0.3 is 5.73 Å². The Hall–Kier alpha value is -1.91. The van der Waals surface area contributed by atoms with Gasteiger partial charge in [0.05, 0.1) is 11.3 Å². The number of aryl methyl sites for hydroxylation is 2. The summed E-state index contributed by atoms with van der Waals surface area (Å²) in [7, 11) is 1.89. The fourth-order valence-corrected chi connectivity index (χ4v) is 2.01. The molecule has 0 unspecified atom stereocenters. The molecule has 5 nitrogen and oxygen atoms in total. The van der Waals surface area contributed by atoms with E-state index in [-0.39, 0.29) is 0 Å². The molecule has 2 heterocycles. The fraction of sp³-hybridized carbons (Fsp3) is 0.417. The zero-order valence-electron chi connectivity index (χ0n) is 10.0. The Kier molecular flexibility index (Phi) is 2.14. The summed E-state index contributed by atoms with van der Waals surface area (Å²) in [6.07, 6.45) is 4.35. The minimum atomic E-state index is 0.542. The van der Waals surface area contributed by atoms with E-state index < -0.39 is 0 Å². The van der Waals surface area contributed by atoms with E-state index in [4.69, 9.17) is 5.73 Å². The van der Waals surface area contributed by atoms with Gasteiger partial charge in [-0.3, -0.25) is 4.68 Å².